The zero-order valence-corrected chi connectivity index (χ0v) is 16.8. The van der Waals surface area contributed by atoms with Gasteiger partial charge in [-0.15, -0.1) is 0 Å². The summed E-state index contributed by atoms with van der Waals surface area (Å²) in [6, 6.07) is 10.1. The molecule has 0 atom stereocenters. The Balaban J connectivity index is 1.67. The predicted octanol–water partition coefficient (Wildman–Crippen LogP) is 0.0346. The SMILES string of the molecule is CCc1ccccc1OCC(=O)NNC(=O)c1ccc2c(=O)n(C)c(=O)n(C)c2n1. The van der Waals surface area contributed by atoms with E-state index in [1.165, 1.54) is 30.8 Å². The molecular weight excluding hydrogens is 390 g/mol. The summed E-state index contributed by atoms with van der Waals surface area (Å²) in [5.74, 6) is -0.663. The van der Waals surface area contributed by atoms with E-state index in [2.05, 4.69) is 15.8 Å². The average molecular weight is 411 g/mol. The summed E-state index contributed by atoms with van der Waals surface area (Å²) in [5.41, 5.74) is 4.38. The molecule has 2 amide bonds. The lowest BCUT2D eigenvalue weighted by atomic mass is 10.1. The van der Waals surface area contributed by atoms with Crippen LogP contribution in [0.4, 0.5) is 0 Å². The number of aromatic nitrogens is 3. The Morgan fingerprint density at radius 2 is 1.77 bits per heavy atom. The van der Waals surface area contributed by atoms with Crippen molar-refractivity contribution in [3.8, 4) is 5.75 Å². The number of para-hydroxylation sites is 1. The van der Waals surface area contributed by atoms with Gasteiger partial charge in [0.2, 0.25) is 0 Å². The summed E-state index contributed by atoms with van der Waals surface area (Å²) in [6.45, 7) is 1.69. The van der Waals surface area contributed by atoms with Gasteiger partial charge in [-0.2, -0.15) is 0 Å². The van der Waals surface area contributed by atoms with Crippen LogP contribution in [0.2, 0.25) is 0 Å². The lowest BCUT2D eigenvalue weighted by Gasteiger charge is -2.11. The first kappa shape index (κ1) is 20.8. The molecule has 0 saturated heterocycles. The molecule has 1 aromatic carbocycles. The summed E-state index contributed by atoms with van der Waals surface area (Å²) in [6.07, 6.45) is 0.758. The molecule has 156 valence electrons. The molecule has 0 bridgehead atoms. The second-order valence-corrected chi connectivity index (χ2v) is 6.53. The van der Waals surface area contributed by atoms with Gasteiger partial charge >= 0.3 is 5.69 Å². The first-order valence-corrected chi connectivity index (χ1v) is 9.20. The highest BCUT2D eigenvalue weighted by Gasteiger charge is 2.14. The Morgan fingerprint density at radius 1 is 1.03 bits per heavy atom. The van der Waals surface area contributed by atoms with Crippen molar-refractivity contribution in [1.29, 1.82) is 0 Å². The molecule has 30 heavy (non-hydrogen) atoms. The number of nitrogens with one attached hydrogen (secondary N) is 2. The van der Waals surface area contributed by atoms with E-state index in [4.69, 9.17) is 4.74 Å². The first-order chi connectivity index (χ1) is 14.3. The molecule has 2 heterocycles. The number of pyridine rings is 1. The molecule has 3 rings (SSSR count). The van der Waals surface area contributed by atoms with E-state index in [0.29, 0.717) is 5.75 Å². The Hall–Kier alpha value is -3.95. The van der Waals surface area contributed by atoms with E-state index < -0.39 is 23.1 Å². The van der Waals surface area contributed by atoms with Crippen LogP contribution in [0.25, 0.3) is 11.0 Å². The topological polar surface area (TPSA) is 124 Å². The number of aryl methyl sites for hydroxylation is 2. The Kier molecular flexibility index (Phi) is 5.95. The van der Waals surface area contributed by atoms with Gasteiger partial charge in [0.25, 0.3) is 17.4 Å². The van der Waals surface area contributed by atoms with Gasteiger partial charge < -0.3 is 4.74 Å². The molecule has 0 aliphatic carbocycles. The normalized spacial score (nSPS) is 10.6. The van der Waals surface area contributed by atoms with Crippen LogP contribution in [-0.4, -0.2) is 32.5 Å². The number of ether oxygens (including phenoxy) is 1. The summed E-state index contributed by atoms with van der Waals surface area (Å²) in [7, 11) is 2.81. The van der Waals surface area contributed by atoms with Crippen LogP contribution in [-0.2, 0) is 25.3 Å². The third-order valence-corrected chi connectivity index (χ3v) is 4.56. The molecule has 10 nitrogen and oxygen atoms in total. The molecular formula is C20H21N5O5. The van der Waals surface area contributed by atoms with Crippen LogP contribution < -0.4 is 26.8 Å². The van der Waals surface area contributed by atoms with Crippen LogP contribution in [0.3, 0.4) is 0 Å². The van der Waals surface area contributed by atoms with Crippen LogP contribution in [0, 0.1) is 0 Å². The smallest absolute Gasteiger partial charge is 0.332 e. The monoisotopic (exact) mass is 411 g/mol. The van der Waals surface area contributed by atoms with Crippen LogP contribution >= 0.6 is 0 Å². The second kappa shape index (κ2) is 8.60. The maximum absolute atomic E-state index is 12.3. The number of carbonyl (C=O) groups is 2. The van der Waals surface area contributed by atoms with E-state index in [9.17, 15) is 19.2 Å². The van der Waals surface area contributed by atoms with E-state index in [1.807, 2.05) is 19.1 Å². The van der Waals surface area contributed by atoms with Crippen molar-refractivity contribution in [2.24, 2.45) is 14.1 Å². The van der Waals surface area contributed by atoms with Gasteiger partial charge in [0.15, 0.2) is 6.61 Å². The molecule has 10 heteroatoms. The number of carbonyl (C=O) groups excluding carboxylic acids is 2. The molecule has 0 unspecified atom stereocenters. The molecule has 0 aliphatic heterocycles. The minimum absolute atomic E-state index is 0.0664. The van der Waals surface area contributed by atoms with Gasteiger partial charge in [0.05, 0.1) is 5.39 Å². The fourth-order valence-electron chi connectivity index (χ4n) is 2.89. The van der Waals surface area contributed by atoms with Gasteiger partial charge in [-0.1, -0.05) is 25.1 Å². The molecule has 0 saturated carbocycles. The first-order valence-electron chi connectivity index (χ1n) is 9.20. The van der Waals surface area contributed by atoms with Crippen molar-refractivity contribution >= 4 is 22.8 Å². The summed E-state index contributed by atoms with van der Waals surface area (Å²) in [5, 5.41) is 0.197. The predicted molar refractivity (Wildman–Crippen MR) is 109 cm³/mol. The highest BCUT2D eigenvalue weighted by Crippen LogP contribution is 2.17. The number of amides is 2. The zero-order chi connectivity index (χ0) is 21.8. The van der Waals surface area contributed by atoms with Crippen molar-refractivity contribution in [3.63, 3.8) is 0 Å². The lowest BCUT2D eigenvalue weighted by molar-refractivity contribution is -0.123. The number of benzene rings is 1. The van der Waals surface area contributed by atoms with E-state index in [0.717, 1.165) is 16.6 Å². The maximum atomic E-state index is 12.3. The van der Waals surface area contributed by atoms with Crippen LogP contribution in [0.15, 0.2) is 46.0 Å². The fraction of sp³-hybridized carbons (Fsp3) is 0.250. The number of rotatable bonds is 5. The molecule has 0 aliphatic rings. The second-order valence-electron chi connectivity index (χ2n) is 6.53. The number of hydrogen-bond donors (Lipinski definition) is 2. The fourth-order valence-corrected chi connectivity index (χ4v) is 2.89. The van der Waals surface area contributed by atoms with Gasteiger partial charge in [0, 0.05) is 14.1 Å². The van der Waals surface area contributed by atoms with Gasteiger partial charge in [-0.3, -0.25) is 34.4 Å². The number of fused-ring (bicyclic) bond motifs is 1. The van der Waals surface area contributed by atoms with Crippen LogP contribution in [0.1, 0.15) is 23.0 Å². The Morgan fingerprint density at radius 3 is 2.50 bits per heavy atom. The van der Waals surface area contributed by atoms with E-state index in [-0.39, 0.29) is 23.3 Å². The summed E-state index contributed by atoms with van der Waals surface area (Å²) < 4.78 is 7.62. The maximum Gasteiger partial charge on any atom is 0.332 e. The molecule has 2 aromatic heterocycles. The highest BCUT2D eigenvalue weighted by atomic mass is 16.5. The van der Waals surface area contributed by atoms with Crippen molar-refractivity contribution in [3.05, 3.63) is 68.5 Å². The Bertz CT molecular complexity index is 1240. The Labute approximate surface area is 171 Å². The number of nitrogens with zero attached hydrogens (tertiary/aromatic N) is 3. The number of hydrogen-bond acceptors (Lipinski definition) is 6. The van der Waals surface area contributed by atoms with Crippen molar-refractivity contribution in [2.75, 3.05) is 6.61 Å². The third-order valence-electron chi connectivity index (χ3n) is 4.56. The van der Waals surface area contributed by atoms with Gasteiger partial charge in [0.1, 0.15) is 17.1 Å². The largest absolute Gasteiger partial charge is 0.483 e. The van der Waals surface area contributed by atoms with E-state index in [1.54, 1.807) is 12.1 Å². The summed E-state index contributed by atoms with van der Waals surface area (Å²) >= 11 is 0. The molecule has 0 radical (unpaired) electrons. The zero-order valence-electron chi connectivity index (χ0n) is 16.8. The molecule has 0 spiro atoms. The minimum atomic E-state index is -0.702. The quantitative estimate of drug-likeness (QED) is 0.571. The van der Waals surface area contributed by atoms with Gasteiger partial charge in [-0.25, -0.2) is 9.78 Å². The summed E-state index contributed by atoms with van der Waals surface area (Å²) in [4.78, 5) is 52.6. The van der Waals surface area contributed by atoms with E-state index >= 15 is 0 Å². The van der Waals surface area contributed by atoms with Crippen molar-refractivity contribution in [2.45, 2.75) is 13.3 Å². The van der Waals surface area contributed by atoms with Crippen molar-refractivity contribution < 1.29 is 14.3 Å². The van der Waals surface area contributed by atoms with Crippen molar-refractivity contribution in [1.82, 2.24) is 25.0 Å². The van der Waals surface area contributed by atoms with Gasteiger partial charge in [-0.05, 0) is 30.2 Å². The van der Waals surface area contributed by atoms with Crippen LogP contribution in [0.5, 0.6) is 5.75 Å². The number of hydrazine groups is 1. The third kappa shape index (κ3) is 4.07. The molecule has 3 aromatic rings. The highest BCUT2D eigenvalue weighted by molar-refractivity contribution is 5.95. The minimum Gasteiger partial charge on any atom is -0.483 e. The molecule has 2 N–H and O–H groups in total. The average Bonchev–Trinajstić information content (AvgIpc) is 2.78. The standard InChI is InChI=1S/C20H21N5O5/c1-4-12-7-5-6-8-15(12)30-11-16(26)22-23-18(27)14-10-9-13-17(21-14)24(2)20(29)25(3)19(13)28/h5-10H,4,11H2,1-3H3,(H,22,26)(H,23,27). The molecule has 0 fully saturated rings. The lowest BCUT2D eigenvalue weighted by Crippen LogP contribution is -2.44.